The summed E-state index contributed by atoms with van der Waals surface area (Å²) in [6.07, 6.45) is -4.31. The molecule has 0 radical (unpaired) electrons. The molecule has 0 unspecified atom stereocenters. The smallest absolute Gasteiger partial charge is 0.317 e. The second kappa shape index (κ2) is 7.66. The summed E-state index contributed by atoms with van der Waals surface area (Å²) < 4.78 is 60.9. The molecule has 1 N–H and O–H groups in total. The molecule has 19 heavy (non-hydrogen) atoms. The summed E-state index contributed by atoms with van der Waals surface area (Å²) in [5.41, 5.74) is 0. The lowest BCUT2D eigenvalue weighted by atomic mass is 10.1. The number of nitrogens with zero attached hydrogens (tertiary/aromatic N) is 1. The van der Waals surface area contributed by atoms with Gasteiger partial charge in [0.25, 0.3) is 0 Å². The average Bonchev–Trinajstić information content (AvgIpc) is 2.27. The summed E-state index contributed by atoms with van der Waals surface area (Å²) in [6.45, 7) is 1.49. The Kier molecular flexibility index (Phi) is 7.64. The molecule has 9 heteroatoms. The van der Waals surface area contributed by atoms with Gasteiger partial charge in [0.15, 0.2) is 0 Å². The Labute approximate surface area is 118 Å². The molecule has 0 bridgehead atoms. The summed E-state index contributed by atoms with van der Waals surface area (Å²) in [7, 11) is -2.12. The van der Waals surface area contributed by atoms with Gasteiger partial charge in [-0.1, -0.05) is 0 Å². The lowest BCUT2D eigenvalue weighted by Gasteiger charge is -2.30. The number of sulfonamides is 1. The number of piperidine rings is 1. The Morgan fingerprint density at radius 1 is 1.26 bits per heavy atom. The van der Waals surface area contributed by atoms with Crippen molar-refractivity contribution in [3.05, 3.63) is 0 Å². The summed E-state index contributed by atoms with van der Waals surface area (Å²) in [5.74, 6) is -0.438. The first kappa shape index (κ1) is 18.9. The van der Waals surface area contributed by atoms with E-state index in [9.17, 15) is 21.6 Å². The van der Waals surface area contributed by atoms with Crippen LogP contribution in [0.15, 0.2) is 0 Å². The maximum atomic E-state index is 12.0. The molecular formula is C10H20ClF3N2O2S. The minimum Gasteiger partial charge on any atom is -0.317 e. The zero-order valence-corrected chi connectivity index (χ0v) is 12.4. The molecule has 1 saturated heterocycles. The fraction of sp³-hybridized carbons (Fsp3) is 1.00. The first-order valence-corrected chi connectivity index (χ1v) is 7.56. The molecule has 1 fully saturated rings. The number of nitrogens with one attached hydrogen (secondary N) is 1. The van der Waals surface area contributed by atoms with Gasteiger partial charge in [-0.15, -0.1) is 12.4 Å². The standard InChI is InChI=1S/C10H19F3N2O2S.ClH/c1-15(9-3-6-14-7-4-9)18(16,17)8-2-5-10(11,12)13;/h9,14H,2-8H2,1H3;1H. The maximum Gasteiger partial charge on any atom is 0.389 e. The van der Waals surface area contributed by atoms with Crippen molar-refractivity contribution in [1.82, 2.24) is 9.62 Å². The quantitative estimate of drug-likeness (QED) is 0.838. The van der Waals surface area contributed by atoms with Crippen LogP contribution in [0, 0.1) is 0 Å². The van der Waals surface area contributed by atoms with Gasteiger partial charge in [-0.25, -0.2) is 12.7 Å². The number of alkyl halides is 3. The van der Waals surface area contributed by atoms with Gasteiger partial charge in [0.05, 0.1) is 5.75 Å². The molecule has 1 rings (SSSR count). The van der Waals surface area contributed by atoms with E-state index < -0.39 is 28.4 Å². The largest absolute Gasteiger partial charge is 0.389 e. The number of hydrogen-bond acceptors (Lipinski definition) is 3. The van der Waals surface area contributed by atoms with Gasteiger partial charge < -0.3 is 5.32 Å². The molecule has 0 aromatic rings. The van der Waals surface area contributed by atoms with Gasteiger partial charge in [-0.05, 0) is 32.4 Å². The van der Waals surface area contributed by atoms with E-state index in [4.69, 9.17) is 0 Å². The van der Waals surface area contributed by atoms with Crippen LogP contribution in [0.25, 0.3) is 0 Å². The van der Waals surface area contributed by atoms with Gasteiger partial charge in [0.2, 0.25) is 10.0 Å². The van der Waals surface area contributed by atoms with Crippen LogP contribution >= 0.6 is 12.4 Å². The highest BCUT2D eigenvalue weighted by molar-refractivity contribution is 7.89. The number of hydrogen-bond donors (Lipinski definition) is 1. The molecular weight excluding hydrogens is 305 g/mol. The summed E-state index contributed by atoms with van der Waals surface area (Å²) in [6, 6.07) is -0.0952. The Balaban J connectivity index is 0.00000324. The monoisotopic (exact) mass is 324 g/mol. The maximum absolute atomic E-state index is 12.0. The van der Waals surface area contributed by atoms with E-state index >= 15 is 0 Å². The number of halogens is 4. The third kappa shape index (κ3) is 6.78. The van der Waals surface area contributed by atoms with Gasteiger partial charge in [-0.2, -0.15) is 13.2 Å². The Morgan fingerprint density at radius 2 is 1.79 bits per heavy atom. The van der Waals surface area contributed by atoms with Crippen LogP contribution in [0.4, 0.5) is 13.2 Å². The highest BCUT2D eigenvalue weighted by Crippen LogP contribution is 2.22. The van der Waals surface area contributed by atoms with E-state index in [1.54, 1.807) is 0 Å². The molecule has 0 spiro atoms. The summed E-state index contributed by atoms with van der Waals surface area (Å²) >= 11 is 0. The highest BCUT2D eigenvalue weighted by atomic mass is 35.5. The summed E-state index contributed by atoms with van der Waals surface area (Å²) in [4.78, 5) is 0. The molecule has 0 saturated carbocycles. The van der Waals surface area contributed by atoms with Crippen LogP contribution < -0.4 is 5.32 Å². The Bertz CT molecular complexity index is 356. The molecule has 116 valence electrons. The van der Waals surface area contributed by atoms with Crippen LogP contribution in [0.1, 0.15) is 25.7 Å². The van der Waals surface area contributed by atoms with E-state index in [1.807, 2.05) is 0 Å². The van der Waals surface area contributed by atoms with Crippen molar-refractivity contribution >= 4 is 22.4 Å². The van der Waals surface area contributed by atoms with E-state index in [0.29, 0.717) is 12.8 Å². The fourth-order valence-corrected chi connectivity index (χ4v) is 3.46. The van der Waals surface area contributed by atoms with Crippen LogP contribution in [-0.2, 0) is 10.0 Å². The predicted molar refractivity (Wildman–Crippen MR) is 70.0 cm³/mol. The van der Waals surface area contributed by atoms with Crippen molar-refractivity contribution in [2.24, 2.45) is 0 Å². The van der Waals surface area contributed by atoms with Crippen molar-refractivity contribution < 1.29 is 21.6 Å². The van der Waals surface area contributed by atoms with E-state index in [2.05, 4.69) is 5.32 Å². The molecule has 4 nitrogen and oxygen atoms in total. The molecule has 0 aromatic carbocycles. The minimum absolute atomic E-state index is 0. The minimum atomic E-state index is -4.29. The zero-order valence-electron chi connectivity index (χ0n) is 10.7. The molecule has 1 aliphatic heterocycles. The second-order valence-corrected chi connectivity index (χ2v) is 6.68. The van der Waals surface area contributed by atoms with Gasteiger partial charge in [0.1, 0.15) is 0 Å². The molecule has 0 aliphatic carbocycles. The van der Waals surface area contributed by atoms with Crippen LogP contribution in [-0.4, -0.2) is 50.8 Å². The topological polar surface area (TPSA) is 49.4 Å². The summed E-state index contributed by atoms with van der Waals surface area (Å²) in [5, 5.41) is 3.11. The van der Waals surface area contributed by atoms with Crippen molar-refractivity contribution in [3.8, 4) is 0 Å². The first-order valence-electron chi connectivity index (χ1n) is 5.95. The molecule has 1 heterocycles. The number of rotatable bonds is 5. The van der Waals surface area contributed by atoms with E-state index in [-0.39, 0.29) is 24.9 Å². The van der Waals surface area contributed by atoms with Gasteiger partial charge >= 0.3 is 6.18 Å². The lowest BCUT2D eigenvalue weighted by molar-refractivity contribution is -0.134. The fourth-order valence-electron chi connectivity index (χ4n) is 2.00. The van der Waals surface area contributed by atoms with Gasteiger partial charge in [0, 0.05) is 19.5 Å². The third-order valence-corrected chi connectivity index (χ3v) is 5.10. The normalized spacial score (nSPS) is 18.4. The van der Waals surface area contributed by atoms with Crippen LogP contribution in [0.5, 0.6) is 0 Å². The molecule has 0 amide bonds. The van der Waals surface area contributed by atoms with Crippen molar-refractivity contribution in [2.45, 2.75) is 37.9 Å². The first-order chi connectivity index (χ1) is 8.22. The Morgan fingerprint density at radius 3 is 2.26 bits per heavy atom. The molecule has 1 aliphatic rings. The zero-order chi connectivity index (χ0) is 13.8. The van der Waals surface area contributed by atoms with E-state index in [1.165, 1.54) is 11.4 Å². The lowest BCUT2D eigenvalue weighted by Crippen LogP contribution is -2.44. The third-order valence-electron chi connectivity index (χ3n) is 3.12. The van der Waals surface area contributed by atoms with Crippen molar-refractivity contribution in [1.29, 1.82) is 0 Å². The predicted octanol–water partition coefficient (Wildman–Crippen LogP) is 1.76. The second-order valence-electron chi connectivity index (χ2n) is 4.53. The van der Waals surface area contributed by atoms with E-state index in [0.717, 1.165) is 13.1 Å². The Hall–Kier alpha value is -0.0500. The van der Waals surface area contributed by atoms with Crippen molar-refractivity contribution in [3.63, 3.8) is 0 Å². The average molecular weight is 325 g/mol. The van der Waals surface area contributed by atoms with Crippen LogP contribution in [0.2, 0.25) is 0 Å². The van der Waals surface area contributed by atoms with Gasteiger partial charge in [-0.3, -0.25) is 0 Å². The highest BCUT2D eigenvalue weighted by Gasteiger charge is 2.30. The SMILES string of the molecule is CN(C1CCNCC1)S(=O)(=O)CCCC(F)(F)F.Cl. The van der Waals surface area contributed by atoms with Crippen molar-refractivity contribution in [2.75, 3.05) is 25.9 Å². The molecule has 0 aromatic heterocycles. The van der Waals surface area contributed by atoms with Crippen LogP contribution in [0.3, 0.4) is 0 Å². The molecule has 0 atom stereocenters.